The number of carboxylic acid groups (broad SMARTS) is 1. The number of thiocarbonyl (C=S) groups is 1. The Bertz CT molecular complexity index is 667. The molecule has 0 bridgehead atoms. The van der Waals surface area contributed by atoms with E-state index in [1.807, 2.05) is 24.3 Å². The van der Waals surface area contributed by atoms with Gasteiger partial charge in [-0.25, -0.2) is 0 Å². The van der Waals surface area contributed by atoms with Crippen LogP contribution < -0.4 is 11.2 Å². The zero-order valence-electron chi connectivity index (χ0n) is 11.0. The quantitative estimate of drug-likeness (QED) is 0.737. The van der Waals surface area contributed by atoms with Crippen LogP contribution in [-0.2, 0) is 11.2 Å². The van der Waals surface area contributed by atoms with Crippen molar-refractivity contribution in [2.24, 2.45) is 5.73 Å². The Morgan fingerprint density at radius 3 is 2.52 bits per heavy atom. The molecule has 0 unspecified atom stereocenters. The van der Waals surface area contributed by atoms with Crippen LogP contribution in [-0.4, -0.2) is 20.9 Å². The maximum atomic E-state index is 10.7. The van der Waals surface area contributed by atoms with Crippen LogP contribution in [0.4, 0.5) is 0 Å². The van der Waals surface area contributed by atoms with Gasteiger partial charge < -0.3 is 10.8 Å². The number of carbonyl (C=O) groups is 1. The summed E-state index contributed by atoms with van der Waals surface area (Å²) in [6, 6.07) is 11.0. The van der Waals surface area contributed by atoms with E-state index in [2.05, 4.69) is 5.43 Å². The zero-order valence-corrected chi connectivity index (χ0v) is 12.6. The second kappa shape index (κ2) is 6.60. The first-order chi connectivity index (χ1) is 9.97. The molecule has 0 amide bonds. The maximum Gasteiger partial charge on any atom is 0.303 e. The first kappa shape index (κ1) is 15.3. The number of nitrogens with one attached hydrogen (secondary N) is 1. The molecular weight excluding hydrogens is 310 g/mol. The molecule has 0 saturated carbocycles. The molecule has 110 valence electrons. The molecule has 2 rings (SSSR count). The van der Waals surface area contributed by atoms with Gasteiger partial charge in [-0.1, -0.05) is 23.7 Å². The molecule has 1 aromatic heterocycles. The Balaban J connectivity index is 2.38. The molecule has 0 fully saturated rings. The molecule has 0 aliphatic rings. The molecule has 0 spiro atoms. The molecular formula is C14H14ClN3O2S. The van der Waals surface area contributed by atoms with Crippen molar-refractivity contribution in [1.29, 1.82) is 0 Å². The minimum absolute atomic E-state index is 0.0308. The lowest BCUT2D eigenvalue weighted by Gasteiger charge is -2.14. The number of aromatic nitrogens is 1. The standard InChI is InChI=1S/C14H14ClN3O2S/c15-10-3-1-9(2-4-10)12-7-5-11(6-8-13(19)20)18(12)17-14(16)21/h1-5,7H,6,8H2,(H,19,20)(H3,16,17,21). The Hall–Kier alpha value is -2.05. The van der Waals surface area contributed by atoms with Gasteiger partial charge in [0.1, 0.15) is 0 Å². The van der Waals surface area contributed by atoms with Gasteiger partial charge in [0.05, 0.1) is 12.1 Å². The Morgan fingerprint density at radius 1 is 1.29 bits per heavy atom. The molecule has 5 nitrogen and oxygen atoms in total. The average molecular weight is 324 g/mol. The third-order valence-corrected chi connectivity index (χ3v) is 3.26. The molecule has 0 aliphatic carbocycles. The van der Waals surface area contributed by atoms with Crippen molar-refractivity contribution in [3.63, 3.8) is 0 Å². The number of nitrogens with zero attached hydrogens (tertiary/aromatic N) is 1. The number of hydrogen-bond donors (Lipinski definition) is 3. The van der Waals surface area contributed by atoms with Gasteiger partial charge >= 0.3 is 5.97 Å². The van der Waals surface area contributed by atoms with Gasteiger partial charge in [0.15, 0.2) is 5.11 Å². The topological polar surface area (TPSA) is 80.3 Å². The highest BCUT2D eigenvalue weighted by Gasteiger charge is 2.12. The first-order valence-corrected chi connectivity index (χ1v) is 7.01. The Labute approximate surface area is 132 Å². The second-order valence-corrected chi connectivity index (χ2v) is 5.30. The van der Waals surface area contributed by atoms with E-state index >= 15 is 0 Å². The third kappa shape index (κ3) is 3.96. The number of aryl methyl sites for hydroxylation is 1. The summed E-state index contributed by atoms with van der Waals surface area (Å²) >= 11 is 10.8. The lowest BCUT2D eigenvalue weighted by Crippen LogP contribution is -2.29. The predicted molar refractivity (Wildman–Crippen MR) is 87.0 cm³/mol. The van der Waals surface area contributed by atoms with Crippen molar-refractivity contribution in [3.8, 4) is 11.3 Å². The SMILES string of the molecule is NC(=S)Nn1c(CCC(=O)O)ccc1-c1ccc(Cl)cc1. The lowest BCUT2D eigenvalue weighted by atomic mass is 10.2. The third-order valence-electron chi connectivity index (χ3n) is 2.92. The van der Waals surface area contributed by atoms with Crippen molar-refractivity contribution >= 4 is 34.9 Å². The summed E-state index contributed by atoms with van der Waals surface area (Å²) in [5.41, 5.74) is 10.9. The van der Waals surface area contributed by atoms with Crippen LogP contribution in [0.1, 0.15) is 12.1 Å². The monoisotopic (exact) mass is 323 g/mol. The summed E-state index contributed by atoms with van der Waals surface area (Å²) in [5, 5.41) is 9.56. The van der Waals surface area contributed by atoms with E-state index < -0.39 is 5.97 Å². The van der Waals surface area contributed by atoms with Gasteiger partial charge in [-0.3, -0.25) is 14.9 Å². The fourth-order valence-corrected chi connectivity index (χ4v) is 2.21. The molecule has 0 aliphatic heterocycles. The molecule has 7 heteroatoms. The van der Waals surface area contributed by atoms with Crippen LogP contribution in [0.15, 0.2) is 36.4 Å². The van der Waals surface area contributed by atoms with Gasteiger partial charge in [0.2, 0.25) is 0 Å². The summed E-state index contributed by atoms with van der Waals surface area (Å²) in [6.07, 6.45) is 0.404. The van der Waals surface area contributed by atoms with Crippen molar-refractivity contribution in [1.82, 2.24) is 4.68 Å². The highest BCUT2D eigenvalue weighted by molar-refractivity contribution is 7.80. The highest BCUT2D eigenvalue weighted by atomic mass is 35.5. The molecule has 0 saturated heterocycles. The molecule has 1 aromatic carbocycles. The summed E-state index contributed by atoms with van der Waals surface area (Å²) < 4.78 is 1.70. The number of aliphatic carboxylic acids is 1. The van der Waals surface area contributed by atoms with E-state index in [9.17, 15) is 4.79 Å². The van der Waals surface area contributed by atoms with E-state index in [0.717, 1.165) is 17.0 Å². The number of nitrogens with two attached hydrogens (primary N) is 1. The summed E-state index contributed by atoms with van der Waals surface area (Å²) in [6.45, 7) is 0. The molecule has 1 heterocycles. The van der Waals surface area contributed by atoms with Crippen LogP contribution in [0, 0.1) is 0 Å². The minimum Gasteiger partial charge on any atom is -0.481 e. The number of benzene rings is 1. The van der Waals surface area contributed by atoms with Crippen molar-refractivity contribution < 1.29 is 9.90 Å². The van der Waals surface area contributed by atoms with Crippen LogP contribution in [0.3, 0.4) is 0 Å². The van der Waals surface area contributed by atoms with Crippen LogP contribution in [0.5, 0.6) is 0 Å². The van der Waals surface area contributed by atoms with E-state index in [4.69, 9.17) is 34.7 Å². The number of carboxylic acids is 1. The van der Waals surface area contributed by atoms with E-state index in [1.165, 1.54) is 0 Å². The minimum atomic E-state index is -0.855. The van der Waals surface area contributed by atoms with Gasteiger partial charge in [0, 0.05) is 22.7 Å². The number of rotatable bonds is 5. The molecule has 0 atom stereocenters. The first-order valence-electron chi connectivity index (χ1n) is 6.22. The fraction of sp³-hybridized carbons (Fsp3) is 0.143. The van der Waals surface area contributed by atoms with E-state index in [1.54, 1.807) is 16.8 Å². The number of hydrogen-bond acceptors (Lipinski definition) is 2. The predicted octanol–water partition coefficient (Wildman–Crippen LogP) is 2.61. The summed E-state index contributed by atoms with van der Waals surface area (Å²) in [5.74, 6) is -0.855. The van der Waals surface area contributed by atoms with E-state index in [0.29, 0.717) is 11.4 Å². The average Bonchev–Trinajstić information content (AvgIpc) is 2.79. The summed E-state index contributed by atoms with van der Waals surface area (Å²) in [7, 11) is 0. The van der Waals surface area contributed by atoms with Crippen molar-refractivity contribution in [3.05, 3.63) is 47.1 Å². The lowest BCUT2D eigenvalue weighted by molar-refractivity contribution is -0.136. The fourth-order valence-electron chi connectivity index (χ4n) is 2.00. The Kier molecular flexibility index (Phi) is 4.82. The van der Waals surface area contributed by atoms with Gasteiger partial charge in [-0.15, -0.1) is 0 Å². The number of halogens is 1. The van der Waals surface area contributed by atoms with Gasteiger partial charge in [-0.2, -0.15) is 0 Å². The van der Waals surface area contributed by atoms with E-state index in [-0.39, 0.29) is 11.5 Å². The van der Waals surface area contributed by atoms with Crippen molar-refractivity contribution in [2.45, 2.75) is 12.8 Å². The smallest absolute Gasteiger partial charge is 0.303 e. The van der Waals surface area contributed by atoms with Crippen LogP contribution in [0.25, 0.3) is 11.3 Å². The molecule has 2 aromatic rings. The van der Waals surface area contributed by atoms with Crippen LogP contribution in [0.2, 0.25) is 5.02 Å². The zero-order chi connectivity index (χ0) is 15.4. The summed E-state index contributed by atoms with van der Waals surface area (Å²) in [4.78, 5) is 10.7. The van der Waals surface area contributed by atoms with Gasteiger partial charge in [0.25, 0.3) is 0 Å². The van der Waals surface area contributed by atoms with Crippen molar-refractivity contribution in [2.75, 3.05) is 5.43 Å². The largest absolute Gasteiger partial charge is 0.481 e. The molecule has 4 N–H and O–H groups in total. The van der Waals surface area contributed by atoms with Crippen LogP contribution >= 0.6 is 23.8 Å². The normalized spacial score (nSPS) is 10.3. The Morgan fingerprint density at radius 2 is 1.95 bits per heavy atom. The highest BCUT2D eigenvalue weighted by Crippen LogP contribution is 2.24. The maximum absolute atomic E-state index is 10.7. The molecule has 0 radical (unpaired) electrons. The second-order valence-electron chi connectivity index (χ2n) is 4.42. The van der Waals surface area contributed by atoms with Gasteiger partial charge in [-0.05, 0) is 36.5 Å². The molecule has 21 heavy (non-hydrogen) atoms.